The zero-order valence-electron chi connectivity index (χ0n) is 13.0. The van der Waals surface area contributed by atoms with E-state index in [0.717, 1.165) is 11.1 Å². The topological polar surface area (TPSA) is 61.8 Å². The first-order valence-electron chi connectivity index (χ1n) is 7.00. The van der Waals surface area contributed by atoms with Gasteiger partial charge in [0, 0.05) is 0 Å². The van der Waals surface area contributed by atoms with Crippen molar-refractivity contribution in [1.29, 1.82) is 0 Å². The Morgan fingerprint density at radius 3 is 2.14 bits per heavy atom. The molecule has 1 aromatic rings. The molecule has 0 aromatic heterocycles. The van der Waals surface area contributed by atoms with Gasteiger partial charge in [0.15, 0.2) is 5.92 Å². The highest BCUT2D eigenvalue weighted by Crippen LogP contribution is 2.24. The molecule has 0 aliphatic heterocycles. The van der Waals surface area contributed by atoms with Gasteiger partial charge in [0.1, 0.15) is 5.75 Å². The van der Waals surface area contributed by atoms with Crippen molar-refractivity contribution in [2.45, 2.75) is 27.2 Å². The van der Waals surface area contributed by atoms with E-state index in [9.17, 15) is 9.59 Å². The summed E-state index contributed by atoms with van der Waals surface area (Å²) in [7, 11) is 1.55. The molecule has 0 saturated heterocycles. The number of methoxy groups -OCH3 is 1. The van der Waals surface area contributed by atoms with Crippen LogP contribution >= 0.6 is 0 Å². The van der Waals surface area contributed by atoms with E-state index in [-0.39, 0.29) is 19.6 Å². The van der Waals surface area contributed by atoms with Crippen molar-refractivity contribution in [3.63, 3.8) is 0 Å². The van der Waals surface area contributed by atoms with E-state index in [2.05, 4.69) is 0 Å². The molecule has 0 atom stereocenters. The molecule has 0 amide bonds. The van der Waals surface area contributed by atoms with Crippen molar-refractivity contribution < 1.29 is 23.8 Å². The van der Waals surface area contributed by atoms with Gasteiger partial charge in [0.05, 0.1) is 20.3 Å². The van der Waals surface area contributed by atoms with Gasteiger partial charge in [-0.05, 0) is 38.8 Å². The summed E-state index contributed by atoms with van der Waals surface area (Å²) >= 11 is 0. The fraction of sp³-hybridized carbons (Fsp3) is 0.500. The van der Waals surface area contributed by atoms with Crippen LogP contribution < -0.4 is 4.74 Å². The number of aryl methyl sites for hydroxylation is 1. The van der Waals surface area contributed by atoms with E-state index in [1.54, 1.807) is 21.0 Å². The summed E-state index contributed by atoms with van der Waals surface area (Å²) in [4.78, 5) is 24.0. The second-order valence-corrected chi connectivity index (χ2v) is 4.58. The second-order valence-electron chi connectivity index (χ2n) is 4.58. The number of esters is 2. The molecule has 1 aromatic carbocycles. The molecule has 5 nitrogen and oxygen atoms in total. The molecule has 116 valence electrons. The van der Waals surface area contributed by atoms with Crippen LogP contribution in [0.4, 0.5) is 0 Å². The van der Waals surface area contributed by atoms with Crippen LogP contribution in [0.25, 0.3) is 0 Å². The Morgan fingerprint density at radius 1 is 1.10 bits per heavy atom. The SMILES string of the molecule is CCOC(=O)C(Cc1cc(C)ccc1OC)C(=O)OCC. The maximum absolute atomic E-state index is 12.0. The summed E-state index contributed by atoms with van der Waals surface area (Å²) in [5, 5.41) is 0. The van der Waals surface area contributed by atoms with Gasteiger partial charge in [-0.1, -0.05) is 17.7 Å². The minimum atomic E-state index is -0.972. The van der Waals surface area contributed by atoms with Gasteiger partial charge in [0.25, 0.3) is 0 Å². The van der Waals surface area contributed by atoms with Crippen molar-refractivity contribution >= 4 is 11.9 Å². The summed E-state index contributed by atoms with van der Waals surface area (Å²) in [6.07, 6.45) is 0.197. The molecule has 0 spiro atoms. The normalized spacial score (nSPS) is 10.3. The zero-order valence-corrected chi connectivity index (χ0v) is 13.0. The molecule has 0 saturated carbocycles. The van der Waals surface area contributed by atoms with Crippen molar-refractivity contribution in [2.75, 3.05) is 20.3 Å². The minimum Gasteiger partial charge on any atom is -0.496 e. The maximum atomic E-state index is 12.0. The first kappa shape index (κ1) is 17.0. The summed E-state index contributed by atoms with van der Waals surface area (Å²) in [6.45, 7) is 5.78. The van der Waals surface area contributed by atoms with Crippen LogP contribution in [0.1, 0.15) is 25.0 Å². The fourth-order valence-electron chi connectivity index (χ4n) is 2.04. The van der Waals surface area contributed by atoms with E-state index in [0.29, 0.717) is 5.75 Å². The Hall–Kier alpha value is -2.04. The van der Waals surface area contributed by atoms with Gasteiger partial charge in [-0.3, -0.25) is 9.59 Å². The molecule has 0 aliphatic carbocycles. The van der Waals surface area contributed by atoms with Gasteiger partial charge in [-0.2, -0.15) is 0 Å². The predicted molar refractivity (Wildman–Crippen MR) is 78.2 cm³/mol. The number of benzene rings is 1. The third-order valence-corrected chi connectivity index (χ3v) is 3.00. The highest BCUT2D eigenvalue weighted by molar-refractivity contribution is 5.95. The molecule has 1 rings (SSSR count). The molecule has 0 aliphatic rings. The number of rotatable bonds is 7. The molecular formula is C16H22O5. The molecule has 0 radical (unpaired) electrons. The number of carbonyl (C=O) groups is 2. The van der Waals surface area contributed by atoms with Crippen LogP contribution in [-0.2, 0) is 25.5 Å². The summed E-state index contributed by atoms with van der Waals surface area (Å²) in [6, 6.07) is 5.62. The van der Waals surface area contributed by atoms with Crippen LogP contribution in [0.3, 0.4) is 0 Å². The lowest BCUT2D eigenvalue weighted by Crippen LogP contribution is -2.30. The van der Waals surface area contributed by atoms with Gasteiger partial charge < -0.3 is 14.2 Å². The van der Waals surface area contributed by atoms with E-state index < -0.39 is 17.9 Å². The maximum Gasteiger partial charge on any atom is 0.320 e. The fourth-order valence-corrected chi connectivity index (χ4v) is 2.04. The van der Waals surface area contributed by atoms with Crippen LogP contribution in [-0.4, -0.2) is 32.3 Å². The van der Waals surface area contributed by atoms with Crippen LogP contribution in [0.2, 0.25) is 0 Å². The molecule has 5 heteroatoms. The van der Waals surface area contributed by atoms with E-state index in [1.807, 2.05) is 25.1 Å². The van der Waals surface area contributed by atoms with Gasteiger partial charge >= 0.3 is 11.9 Å². The lowest BCUT2D eigenvalue weighted by atomic mass is 9.97. The molecule has 0 fully saturated rings. The van der Waals surface area contributed by atoms with E-state index in [4.69, 9.17) is 14.2 Å². The highest BCUT2D eigenvalue weighted by Gasteiger charge is 2.30. The molecule has 0 heterocycles. The average Bonchev–Trinajstić information content (AvgIpc) is 2.45. The monoisotopic (exact) mass is 294 g/mol. The lowest BCUT2D eigenvalue weighted by molar-refractivity contribution is -0.161. The predicted octanol–water partition coefficient (Wildman–Crippen LogP) is 2.29. The van der Waals surface area contributed by atoms with Gasteiger partial charge in [0.2, 0.25) is 0 Å². The Bertz CT molecular complexity index is 477. The second kappa shape index (κ2) is 8.29. The van der Waals surface area contributed by atoms with E-state index >= 15 is 0 Å². The summed E-state index contributed by atoms with van der Waals surface area (Å²) in [5.41, 5.74) is 1.81. The number of hydrogen-bond acceptors (Lipinski definition) is 5. The Balaban J connectivity index is 3.02. The third-order valence-electron chi connectivity index (χ3n) is 3.00. The first-order valence-corrected chi connectivity index (χ1v) is 7.00. The number of hydrogen-bond donors (Lipinski definition) is 0. The quantitative estimate of drug-likeness (QED) is 0.570. The smallest absolute Gasteiger partial charge is 0.320 e. The van der Waals surface area contributed by atoms with Gasteiger partial charge in [-0.25, -0.2) is 0 Å². The van der Waals surface area contributed by atoms with Crippen LogP contribution in [0.15, 0.2) is 18.2 Å². The first-order chi connectivity index (χ1) is 10.0. The molecule has 0 bridgehead atoms. The number of ether oxygens (including phenoxy) is 3. The van der Waals surface area contributed by atoms with Crippen molar-refractivity contribution in [2.24, 2.45) is 5.92 Å². The lowest BCUT2D eigenvalue weighted by Gasteiger charge is -2.16. The third kappa shape index (κ3) is 4.77. The van der Waals surface area contributed by atoms with Crippen molar-refractivity contribution in [3.05, 3.63) is 29.3 Å². The largest absolute Gasteiger partial charge is 0.496 e. The molecular weight excluding hydrogens is 272 g/mol. The average molecular weight is 294 g/mol. The highest BCUT2D eigenvalue weighted by atomic mass is 16.6. The zero-order chi connectivity index (χ0) is 15.8. The Morgan fingerprint density at radius 2 is 1.67 bits per heavy atom. The number of carbonyl (C=O) groups excluding carboxylic acids is 2. The molecule has 0 unspecified atom stereocenters. The summed E-state index contributed by atoms with van der Waals surface area (Å²) < 4.78 is 15.2. The van der Waals surface area contributed by atoms with Crippen LogP contribution in [0, 0.1) is 12.8 Å². The Labute approximate surface area is 125 Å². The van der Waals surface area contributed by atoms with Crippen molar-refractivity contribution in [1.82, 2.24) is 0 Å². The minimum absolute atomic E-state index is 0.197. The molecule has 21 heavy (non-hydrogen) atoms. The molecule has 0 N–H and O–H groups in total. The van der Waals surface area contributed by atoms with Crippen LogP contribution in [0.5, 0.6) is 5.75 Å². The Kier molecular flexibility index (Phi) is 6.72. The van der Waals surface area contributed by atoms with Crippen molar-refractivity contribution in [3.8, 4) is 5.75 Å². The summed E-state index contributed by atoms with van der Waals surface area (Å²) in [5.74, 6) is -1.47. The van der Waals surface area contributed by atoms with Gasteiger partial charge in [-0.15, -0.1) is 0 Å². The standard InChI is InChI=1S/C16H22O5/c1-5-20-15(17)13(16(18)21-6-2)10-12-9-11(3)7-8-14(12)19-4/h7-9,13H,5-6,10H2,1-4H3. The van der Waals surface area contributed by atoms with E-state index in [1.165, 1.54) is 0 Å².